The van der Waals surface area contributed by atoms with Crippen LogP contribution in [0, 0.1) is 23.3 Å². The van der Waals surface area contributed by atoms with Crippen molar-refractivity contribution in [2.45, 2.75) is 58.9 Å². The van der Waals surface area contributed by atoms with Gasteiger partial charge >= 0.3 is 0 Å². The van der Waals surface area contributed by atoms with E-state index in [2.05, 4.69) is 34.4 Å². The van der Waals surface area contributed by atoms with E-state index in [1.807, 2.05) is 29.2 Å². The number of nitrogens with zero attached hydrogens (tertiary/aromatic N) is 2. The van der Waals surface area contributed by atoms with E-state index in [-0.39, 0.29) is 13.5 Å². The number of nitriles is 1. The third kappa shape index (κ3) is 5.74. The molecular weight excluding hydrogens is 390 g/mol. The lowest BCUT2D eigenvalue weighted by molar-refractivity contribution is -0.105. The van der Waals surface area contributed by atoms with Gasteiger partial charge in [0.2, 0.25) is 6.41 Å². The van der Waals surface area contributed by atoms with Crippen LogP contribution in [0.1, 0.15) is 64.5 Å². The summed E-state index contributed by atoms with van der Waals surface area (Å²) in [5.74, 6) is 1.39. The Morgan fingerprint density at radius 3 is 2.58 bits per heavy atom. The van der Waals surface area contributed by atoms with Gasteiger partial charge in [0.1, 0.15) is 0 Å². The molecule has 1 aliphatic heterocycles. The highest BCUT2D eigenvalue weighted by Gasteiger charge is 2.37. The molecule has 1 heterocycles. The standard InChI is InChI=1S/C17H21N3O.C3H7Br.CH4/c18-11-20-10-14-6-2-1-5-13(14)9-17(20)15-7-3-4-8-16(15)19-12-21;1-2-3-4;/h3-4,7-8,12-14,17H,1-2,5-6,9-10H2,(H,19,21);2-3H2,1H3;1H4. The first-order valence-electron chi connectivity index (χ1n) is 9.26. The van der Waals surface area contributed by atoms with E-state index >= 15 is 0 Å². The molecule has 4 nitrogen and oxygen atoms in total. The Kier molecular flexibility index (Phi) is 10.3. The molecule has 1 aromatic carbocycles. The third-order valence-electron chi connectivity index (χ3n) is 5.25. The molecule has 1 aliphatic carbocycles. The predicted molar refractivity (Wildman–Crippen MR) is 112 cm³/mol. The Balaban J connectivity index is 0.000000616. The second-order valence-corrected chi connectivity index (χ2v) is 7.64. The Bertz CT molecular complexity index is 585. The number of fused-ring (bicyclic) bond motifs is 1. The maximum atomic E-state index is 10.8. The number of alkyl halides is 1. The normalized spacial score (nSPS) is 24.0. The number of benzene rings is 1. The number of amides is 1. The van der Waals surface area contributed by atoms with Crippen molar-refractivity contribution < 1.29 is 4.79 Å². The Hall–Kier alpha value is -1.54. The van der Waals surface area contributed by atoms with Crippen LogP contribution in [0.15, 0.2) is 24.3 Å². The summed E-state index contributed by atoms with van der Waals surface area (Å²) in [6.07, 6.45) is 10.5. The predicted octanol–water partition coefficient (Wildman–Crippen LogP) is 5.72. The van der Waals surface area contributed by atoms with Gasteiger partial charge in [-0.15, -0.1) is 0 Å². The van der Waals surface area contributed by atoms with Crippen molar-refractivity contribution in [3.8, 4) is 6.19 Å². The van der Waals surface area contributed by atoms with E-state index in [4.69, 9.17) is 0 Å². The minimum Gasteiger partial charge on any atom is -0.328 e. The molecule has 1 aromatic rings. The lowest BCUT2D eigenvalue weighted by atomic mass is 9.72. The van der Waals surface area contributed by atoms with Gasteiger partial charge in [-0.05, 0) is 42.7 Å². The molecule has 0 aromatic heterocycles. The summed E-state index contributed by atoms with van der Waals surface area (Å²) in [7, 11) is 0. The zero-order valence-corrected chi connectivity index (χ0v) is 16.5. The van der Waals surface area contributed by atoms with Crippen LogP contribution in [0.5, 0.6) is 0 Å². The Morgan fingerprint density at radius 1 is 1.31 bits per heavy atom. The first-order valence-corrected chi connectivity index (χ1v) is 10.4. The van der Waals surface area contributed by atoms with Crippen LogP contribution in [-0.2, 0) is 4.79 Å². The molecule has 2 fully saturated rings. The number of hydrogen-bond acceptors (Lipinski definition) is 3. The molecule has 0 bridgehead atoms. The van der Waals surface area contributed by atoms with Crippen LogP contribution in [-0.4, -0.2) is 23.2 Å². The zero-order valence-electron chi connectivity index (χ0n) is 15.0. The average Bonchev–Trinajstić information content (AvgIpc) is 2.68. The fourth-order valence-electron chi connectivity index (χ4n) is 4.02. The highest BCUT2D eigenvalue weighted by molar-refractivity contribution is 9.09. The number of carbonyl (C=O) groups is 1. The highest BCUT2D eigenvalue weighted by atomic mass is 79.9. The largest absolute Gasteiger partial charge is 0.328 e. The number of hydrogen-bond donors (Lipinski definition) is 1. The fraction of sp³-hybridized carbons (Fsp3) is 0.619. The molecule has 5 heteroatoms. The van der Waals surface area contributed by atoms with E-state index < -0.39 is 0 Å². The van der Waals surface area contributed by atoms with Gasteiger partial charge in [0.25, 0.3) is 0 Å². The van der Waals surface area contributed by atoms with Crippen molar-refractivity contribution in [1.29, 1.82) is 5.26 Å². The number of para-hydroxylation sites is 1. The van der Waals surface area contributed by atoms with Crippen molar-refractivity contribution in [3.63, 3.8) is 0 Å². The second-order valence-electron chi connectivity index (χ2n) is 6.85. The summed E-state index contributed by atoms with van der Waals surface area (Å²) < 4.78 is 0. The third-order valence-corrected chi connectivity index (χ3v) is 6.04. The number of likely N-dealkylation sites (tertiary alicyclic amines) is 1. The zero-order chi connectivity index (χ0) is 18.1. The number of anilines is 1. The first-order chi connectivity index (χ1) is 12.2. The molecule has 0 spiro atoms. The molecule has 1 saturated carbocycles. The SMILES string of the molecule is C.CCCBr.N#CN1CC2CCCCC2CC1c1ccccc1NC=O. The summed E-state index contributed by atoms with van der Waals surface area (Å²) in [6, 6.07) is 7.93. The van der Waals surface area contributed by atoms with Crippen LogP contribution >= 0.6 is 15.9 Å². The van der Waals surface area contributed by atoms with Gasteiger partial charge in [-0.25, -0.2) is 0 Å². The maximum Gasteiger partial charge on any atom is 0.211 e. The fourth-order valence-corrected chi connectivity index (χ4v) is 4.02. The summed E-state index contributed by atoms with van der Waals surface area (Å²) in [5, 5.41) is 13.4. The van der Waals surface area contributed by atoms with Crippen LogP contribution in [0.2, 0.25) is 0 Å². The summed E-state index contributed by atoms with van der Waals surface area (Å²) >= 11 is 3.25. The molecular formula is C21H32BrN3O. The van der Waals surface area contributed by atoms with Gasteiger partial charge in [0, 0.05) is 17.6 Å². The molecule has 3 unspecified atom stereocenters. The van der Waals surface area contributed by atoms with Gasteiger partial charge in [-0.3, -0.25) is 4.79 Å². The average molecular weight is 422 g/mol. The monoisotopic (exact) mass is 421 g/mol. The Morgan fingerprint density at radius 2 is 1.96 bits per heavy atom. The van der Waals surface area contributed by atoms with E-state index in [0.717, 1.165) is 35.5 Å². The Labute approximate surface area is 167 Å². The van der Waals surface area contributed by atoms with Gasteiger partial charge in [-0.1, -0.05) is 67.7 Å². The molecule has 2 aliphatic rings. The molecule has 3 atom stereocenters. The minimum atomic E-state index is 0. The van der Waals surface area contributed by atoms with E-state index in [9.17, 15) is 10.1 Å². The van der Waals surface area contributed by atoms with Crippen molar-refractivity contribution >= 4 is 28.0 Å². The molecule has 1 N–H and O–H groups in total. The van der Waals surface area contributed by atoms with E-state index in [0.29, 0.717) is 12.3 Å². The summed E-state index contributed by atoms with van der Waals surface area (Å²) in [5.41, 5.74) is 1.89. The smallest absolute Gasteiger partial charge is 0.211 e. The van der Waals surface area contributed by atoms with Crippen LogP contribution in [0.25, 0.3) is 0 Å². The molecule has 0 radical (unpaired) electrons. The molecule has 1 amide bonds. The highest BCUT2D eigenvalue weighted by Crippen LogP contribution is 2.44. The summed E-state index contributed by atoms with van der Waals surface area (Å²) in [4.78, 5) is 12.7. The van der Waals surface area contributed by atoms with Crippen LogP contribution in [0.4, 0.5) is 5.69 Å². The lowest BCUT2D eigenvalue weighted by Crippen LogP contribution is -2.41. The van der Waals surface area contributed by atoms with Crippen molar-refractivity contribution in [2.24, 2.45) is 11.8 Å². The number of nitrogens with one attached hydrogen (secondary N) is 1. The number of halogens is 1. The van der Waals surface area contributed by atoms with Crippen molar-refractivity contribution in [3.05, 3.63) is 29.8 Å². The topological polar surface area (TPSA) is 56.1 Å². The van der Waals surface area contributed by atoms with E-state index in [1.165, 1.54) is 32.1 Å². The van der Waals surface area contributed by atoms with Gasteiger partial charge in [0.05, 0.1) is 6.04 Å². The number of carbonyl (C=O) groups excluding carboxylic acids is 1. The van der Waals surface area contributed by atoms with Crippen LogP contribution in [0.3, 0.4) is 0 Å². The van der Waals surface area contributed by atoms with Crippen molar-refractivity contribution in [2.75, 3.05) is 17.2 Å². The number of piperidine rings is 1. The molecule has 3 rings (SSSR count). The molecule has 1 saturated heterocycles. The summed E-state index contributed by atoms with van der Waals surface area (Å²) in [6.45, 7) is 3.00. The minimum absolute atomic E-state index is 0. The van der Waals surface area contributed by atoms with E-state index in [1.54, 1.807) is 0 Å². The van der Waals surface area contributed by atoms with Gasteiger partial charge in [0.15, 0.2) is 6.19 Å². The first kappa shape index (κ1) is 22.5. The quantitative estimate of drug-likeness (QED) is 0.384. The molecule has 26 heavy (non-hydrogen) atoms. The lowest BCUT2D eigenvalue weighted by Gasteiger charge is -2.44. The van der Waals surface area contributed by atoms with Gasteiger partial charge in [-0.2, -0.15) is 5.26 Å². The maximum absolute atomic E-state index is 10.8. The number of rotatable bonds is 4. The van der Waals surface area contributed by atoms with Crippen LogP contribution < -0.4 is 5.32 Å². The molecule has 144 valence electrons. The van der Waals surface area contributed by atoms with Gasteiger partial charge < -0.3 is 10.2 Å². The van der Waals surface area contributed by atoms with Crippen molar-refractivity contribution in [1.82, 2.24) is 4.90 Å². The second kappa shape index (κ2) is 12.0.